The van der Waals surface area contributed by atoms with Crippen LogP contribution >= 0.6 is 0 Å². The molecule has 5 nitrogen and oxygen atoms in total. The van der Waals surface area contributed by atoms with E-state index >= 15 is 0 Å². The van der Waals surface area contributed by atoms with Crippen LogP contribution in [-0.4, -0.2) is 34.9 Å². The first-order chi connectivity index (χ1) is 10.8. The molecular formula is C18H29O5. The number of hydrogen-bond donors (Lipinski definition) is 1. The molecule has 0 fully saturated rings. The summed E-state index contributed by atoms with van der Waals surface area (Å²) in [5.41, 5.74) is -1.12. The second-order valence-corrected chi connectivity index (χ2v) is 5.58. The normalized spacial score (nSPS) is 15.8. The van der Waals surface area contributed by atoms with Crippen molar-refractivity contribution >= 4 is 11.9 Å². The first-order valence-corrected chi connectivity index (χ1v) is 8.01. The van der Waals surface area contributed by atoms with E-state index in [1.54, 1.807) is 0 Å². The molecule has 1 radical (unpaired) electrons. The van der Waals surface area contributed by atoms with Crippen molar-refractivity contribution in [3.05, 3.63) is 32.2 Å². The maximum atomic E-state index is 11.4. The molecule has 131 valence electrons. The molecule has 0 aromatic heterocycles. The largest absolute Gasteiger partial charge is 0.459 e. The van der Waals surface area contributed by atoms with Crippen molar-refractivity contribution in [1.29, 1.82) is 0 Å². The summed E-state index contributed by atoms with van der Waals surface area (Å²) < 4.78 is 10.5. The molecule has 0 aliphatic rings. The van der Waals surface area contributed by atoms with Crippen molar-refractivity contribution in [3.63, 3.8) is 0 Å². The Hall–Kier alpha value is -1.62. The second-order valence-electron chi connectivity index (χ2n) is 5.58. The van der Waals surface area contributed by atoms with Gasteiger partial charge >= 0.3 is 11.9 Å². The Morgan fingerprint density at radius 1 is 1.04 bits per heavy atom. The highest BCUT2D eigenvalue weighted by molar-refractivity contribution is 5.81. The minimum absolute atomic E-state index is 0.265. The van der Waals surface area contributed by atoms with E-state index < -0.39 is 29.7 Å². The van der Waals surface area contributed by atoms with Crippen LogP contribution in [0.5, 0.6) is 0 Å². The molecule has 0 bridgehead atoms. The molecule has 1 N–H and O–H groups in total. The quantitative estimate of drug-likeness (QED) is 0.441. The van der Waals surface area contributed by atoms with Crippen LogP contribution in [0.3, 0.4) is 0 Å². The first-order valence-electron chi connectivity index (χ1n) is 8.01. The van der Waals surface area contributed by atoms with Gasteiger partial charge in [0.25, 0.3) is 0 Å². The number of hydrogen-bond acceptors (Lipinski definition) is 5. The van der Waals surface area contributed by atoms with E-state index in [1.807, 2.05) is 13.8 Å². The molecule has 5 heteroatoms. The zero-order chi connectivity index (χ0) is 17.9. The molecule has 0 rings (SSSR count). The number of esters is 2. The van der Waals surface area contributed by atoms with Gasteiger partial charge in [-0.1, -0.05) is 40.3 Å². The van der Waals surface area contributed by atoms with Gasteiger partial charge in [0.1, 0.15) is 12.2 Å². The molecule has 2 unspecified atom stereocenters. The smallest absolute Gasteiger partial charge is 0.330 e. The summed E-state index contributed by atoms with van der Waals surface area (Å²) in [6.45, 7) is 14.3. The highest BCUT2D eigenvalue weighted by Gasteiger charge is 2.34. The predicted octanol–water partition coefficient (Wildman–Crippen LogP) is 3.13. The SMILES string of the molecule is [CH2]CCC(O)(CC(CC)OC(=O)C=C)CC(CC)OC(=O)C=C. The van der Waals surface area contributed by atoms with E-state index in [0.29, 0.717) is 25.7 Å². The summed E-state index contributed by atoms with van der Waals surface area (Å²) >= 11 is 0. The first kappa shape index (κ1) is 21.4. The van der Waals surface area contributed by atoms with Gasteiger partial charge in [0, 0.05) is 25.0 Å². The Morgan fingerprint density at radius 2 is 1.43 bits per heavy atom. The van der Waals surface area contributed by atoms with Crippen molar-refractivity contribution in [1.82, 2.24) is 0 Å². The van der Waals surface area contributed by atoms with Gasteiger partial charge in [-0.2, -0.15) is 0 Å². The van der Waals surface area contributed by atoms with Crippen LogP contribution < -0.4 is 0 Å². The summed E-state index contributed by atoms with van der Waals surface area (Å²) in [6, 6.07) is 0. The molecule has 2 atom stereocenters. The standard InChI is InChI=1S/C18H29O5/c1-6-11-18(21,12-14(7-2)22-16(19)9-4)13-15(8-3)23-17(20)10-5/h9-10,14-15,21H,1,4-8,11-13H2,2-3H3. The van der Waals surface area contributed by atoms with Gasteiger partial charge in [0.2, 0.25) is 0 Å². The maximum Gasteiger partial charge on any atom is 0.330 e. The fourth-order valence-corrected chi connectivity index (χ4v) is 2.43. The van der Waals surface area contributed by atoms with E-state index in [9.17, 15) is 14.7 Å². The van der Waals surface area contributed by atoms with Gasteiger partial charge in [0.05, 0.1) is 5.60 Å². The molecule has 0 aliphatic carbocycles. The molecule has 23 heavy (non-hydrogen) atoms. The van der Waals surface area contributed by atoms with Crippen LogP contribution in [0.25, 0.3) is 0 Å². The number of ether oxygens (including phenoxy) is 2. The Balaban J connectivity index is 4.98. The lowest BCUT2D eigenvalue weighted by Crippen LogP contribution is -2.39. The van der Waals surface area contributed by atoms with E-state index in [0.717, 1.165) is 12.2 Å². The number of carbonyl (C=O) groups excluding carboxylic acids is 2. The highest BCUT2D eigenvalue weighted by Crippen LogP contribution is 2.29. The average Bonchev–Trinajstić information content (AvgIpc) is 2.53. The monoisotopic (exact) mass is 325 g/mol. The van der Waals surface area contributed by atoms with Gasteiger partial charge in [-0.05, 0) is 19.3 Å². The summed E-state index contributed by atoms with van der Waals surface area (Å²) in [7, 11) is 0. The molecule has 0 amide bonds. The summed E-state index contributed by atoms with van der Waals surface area (Å²) in [5.74, 6) is -1.03. The van der Waals surface area contributed by atoms with Crippen molar-refractivity contribution < 1.29 is 24.2 Å². The van der Waals surface area contributed by atoms with Gasteiger partial charge in [0.15, 0.2) is 0 Å². The summed E-state index contributed by atoms with van der Waals surface area (Å²) in [5, 5.41) is 10.9. The fraction of sp³-hybridized carbons (Fsp3) is 0.611. The lowest BCUT2D eigenvalue weighted by Gasteiger charge is -2.34. The van der Waals surface area contributed by atoms with Gasteiger partial charge < -0.3 is 14.6 Å². The molecule has 0 aliphatic heterocycles. The zero-order valence-electron chi connectivity index (χ0n) is 14.3. The zero-order valence-corrected chi connectivity index (χ0v) is 14.3. The topological polar surface area (TPSA) is 72.8 Å². The number of rotatable bonds is 12. The van der Waals surface area contributed by atoms with Crippen molar-refractivity contribution in [2.24, 2.45) is 0 Å². The fourth-order valence-electron chi connectivity index (χ4n) is 2.43. The number of aliphatic hydroxyl groups is 1. The molecule has 0 heterocycles. The molecular weight excluding hydrogens is 296 g/mol. The summed E-state index contributed by atoms with van der Waals surface area (Å²) in [6.07, 6.45) is 3.97. The Labute approximate surface area is 139 Å². The minimum atomic E-state index is -1.12. The maximum absolute atomic E-state index is 11.4. The molecule has 0 saturated carbocycles. The highest BCUT2D eigenvalue weighted by atomic mass is 16.5. The van der Waals surface area contributed by atoms with E-state index in [4.69, 9.17) is 9.47 Å². The van der Waals surface area contributed by atoms with Crippen LogP contribution in [0.1, 0.15) is 52.4 Å². The van der Waals surface area contributed by atoms with Gasteiger partial charge in [-0.3, -0.25) is 0 Å². The third-order valence-corrected chi connectivity index (χ3v) is 3.67. The number of carbonyl (C=O) groups is 2. The second kappa shape index (κ2) is 11.0. The van der Waals surface area contributed by atoms with E-state index in [2.05, 4.69) is 20.1 Å². The lowest BCUT2D eigenvalue weighted by molar-refractivity contribution is -0.150. The molecule has 0 saturated heterocycles. The third kappa shape index (κ3) is 8.55. The summed E-state index contributed by atoms with van der Waals surface area (Å²) in [4.78, 5) is 22.7. The van der Waals surface area contributed by atoms with E-state index in [-0.39, 0.29) is 12.8 Å². The van der Waals surface area contributed by atoms with Crippen LogP contribution in [0.2, 0.25) is 0 Å². The third-order valence-electron chi connectivity index (χ3n) is 3.67. The predicted molar refractivity (Wildman–Crippen MR) is 89.5 cm³/mol. The van der Waals surface area contributed by atoms with Gasteiger partial charge in [-0.25, -0.2) is 9.59 Å². The molecule has 0 spiro atoms. The molecule has 0 aromatic rings. The minimum Gasteiger partial charge on any atom is -0.459 e. The van der Waals surface area contributed by atoms with Crippen molar-refractivity contribution in [2.75, 3.05) is 0 Å². The van der Waals surface area contributed by atoms with E-state index in [1.165, 1.54) is 0 Å². The van der Waals surface area contributed by atoms with Crippen molar-refractivity contribution in [3.8, 4) is 0 Å². The molecule has 0 aromatic carbocycles. The van der Waals surface area contributed by atoms with Crippen LogP contribution in [-0.2, 0) is 19.1 Å². The van der Waals surface area contributed by atoms with Gasteiger partial charge in [-0.15, -0.1) is 0 Å². The van der Waals surface area contributed by atoms with Crippen LogP contribution in [0.15, 0.2) is 25.3 Å². The Kier molecular flexibility index (Phi) is 10.2. The van der Waals surface area contributed by atoms with Crippen molar-refractivity contribution in [2.45, 2.75) is 70.2 Å². The van der Waals surface area contributed by atoms with Crippen LogP contribution in [0, 0.1) is 6.92 Å². The van der Waals surface area contributed by atoms with Crippen LogP contribution in [0.4, 0.5) is 0 Å². The Bertz CT molecular complexity index is 370. The lowest BCUT2D eigenvalue weighted by atomic mass is 9.84. The Morgan fingerprint density at radius 3 is 1.70 bits per heavy atom. The average molecular weight is 325 g/mol.